The van der Waals surface area contributed by atoms with E-state index in [4.69, 9.17) is 14.2 Å². The number of rotatable bonds is 54. The first-order valence-corrected chi connectivity index (χ1v) is 30.1. The van der Waals surface area contributed by atoms with Crippen molar-refractivity contribution < 1.29 is 28.6 Å². The molecule has 0 saturated heterocycles. The fraction of sp³-hybridized carbons (Fsp3) is 0.738. The summed E-state index contributed by atoms with van der Waals surface area (Å²) >= 11 is 0. The minimum atomic E-state index is -0.795. The van der Waals surface area contributed by atoms with E-state index in [1.165, 1.54) is 148 Å². The van der Waals surface area contributed by atoms with Crippen molar-refractivity contribution >= 4 is 17.9 Å². The predicted octanol–water partition coefficient (Wildman–Crippen LogP) is 20.3. The Morgan fingerprint density at radius 2 is 0.507 bits per heavy atom. The Labute approximate surface area is 439 Å². The maximum absolute atomic E-state index is 12.9. The van der Waals surface area contributed by atoms with E-state index in [0.29, 0.717) is 19.3 Å². The predicted molar refractivity (Wildman–Crippen MR) is 307 cm³/mol. The van der Waals surface area contributed by atoms with E-state index in [9.17, 15) is 14.4 Å². The Hall–Kier alpha value is -3.41. The van der Waals surface area contributed by atoms with E-state index in [0.717, 1.165) is 103 Å². The Morgan fingerprint density at radius 1 is 0.282 bits per heavy atom. The molecule has 0 saturated carbocycles. The van der Waals surface area contributed by atoms with E-state index in [2.05, 4.69) is 106 Å². The normalized spacial score (nSPS) is 12.7. The Bertz CT molecular complexity index is 1370. The lowest BCUT2D eigenvalue weighted by atomic mass is 10.1. The number of carbonyl (C=O) groups excluding carboxylic acids is 3. The molecule has 0 heterocycles. The number of unbranched alkanes of at least 4 members (excludes halogenated alkanes) is 29. The van der Waals surface area contributed by atoms with Crippen LogP contribution in [0.25, 0.3) is 0 Å². The lowest BCUT2D eigenvalue weighted by Gasteiger charge is -2.18. The second-order valence-electron chi connectivity index (χ2n) is 19.9. The van der Waals surface area contributed by atoms with Gasteiger partial charge in [-0.1, -0.05) is 234 Å². The summed E-state index contributed by atoms with van der Waals surface area (Å²) in [7, 11) is 0. The molecular formula is C65H112O6. The van der Waals surface area contributed by atoms with Gasteiger partial charge in [0, 0.05) is 19.3 Å². The molecule has 0 aromatic carbocycles. The molecule has 0 amide bonds. The van der Waals surface area contributed by atoms with E-state index >= 15 is 0 Å². The van der Waals surface area contributed by atoms with Gasteiger partial charge in [0.15, 0.2) is 6.10 Å². The number of hydrogen-bond acceptors (Lipinski definition) is 6. The van der Waals surface area contributed by atoms with Gasteiger partial charge in [-0.15, -0.1) is 0 Å². The Morgan fingerprint density at radius 3 is 0.789 bits per heavy atom. The summed E-state index contributed by atoms with van der Waals surface area (Å²) in [4.78, 5) is 38.2. The average molecular weight is 990 g/mol. The number of hydrogen-bond donors (Lipinski definition) is 0. The van der Waals surface area contributed by atoms with Crippen molar-refractivity contribution in [2.45, 2.75) is 297 Å². The first-order chi connectivity index (χ1) is 35.0. The Kier molecular flexibility index (Phi) is 56.3. The van der Waals surface area contributed by atoms with Crippen LogP contribution in [0.2, 0.25) is 0 Å². The van der Waals surface area contributed by atoms with Gasteiger partial charge in [-0.2, -0.15) is 0 Å². The Balaban J connectivity index is 4.43. The highest BCUT2D eigenvalue weighted by atomic mass is 16.6. The van der Waals surface area contributed by atoms with Crippen LogP contribution in [0.1, 0.15) is 290 Å². The van der Waals surface area contributed by atoms with Crippen molar-refractivity contribution in [3.05, 3.63) is 85.1 Å². The first-order valence-electron chi connectivity index (χ1n) is 30.1. The van der Waals surface area contributed by atoms with Gasteiger partial charge in [0.25, 0.3) is 0 Å². The molecule has 0 aliphatic rings. The molecule has 6 nitrogen and oxygen atoms in total. The van der Waals surface area contributed by atoms with Crippen molar-refractivity contribution in [3.8, 4) is 0 Å². The maximum Gasteiger partial charge on any atom is 0.306 e. The zero-order valence-electron chi connectivity index (χ0n) is 46.7. The maximum atomic E-state index is 12.9. The van der Waals surface area contributed by atoms with Crippen LogP contribution >= 0.6 is 0 Å². The minimum absolute atomic E-state index is 0.0902. The number of esters is 3. The molecule has 0 fully saturated rings. The van der Waals surface area contributed by atoms with Gasteiger partial charge < -0.3 is 14.2 Å². The highest BCUT2D eigenvalue weighted by molar-refractivity contribution is 5.71. The van der Waals surface area contributed by atoms with Crippen LogP contribution < -0.4 is 0 Å². The highest BCUT2D eigenvalue weighted by Gasteiger charge is 2.19. The molecule has 0 aliphatic carbocycles. The quantitative estimate of drug-likeness (QED) is 0.0261. The lowest BCUT2D eigenvalue weighted by Crippen LogP contribution is -2.30. The summed E-state index contributed by atoms with van der Waals surface area (Å²) in [6, 6.07) is 0. The molecular weight excluding hydrogens is 877 g/mol. The van der Waals surface area contributed by atoms with Crippen molar-refractivity contribution in [2.75, 3.05) is 13.2 Å². The molecule has 6 heteroatoms. The standard InChI is InChI=1S/C65H112O6/c1-4-7-10-13-16-19-22-25-28-31-32-35-37-40-43-46-49-52-55-58-64(67)70-61-62(71-65(68)59-56-53-50-47-44-41-38-34-30-27-24-21-18-15-12-9-6-3)60-69-63(66)57-54-51-48-45-42-39-36-33-29-26-23-20-17-14-11-8-5-2/h16-21,25-30,38,41,62H,4-15,22-24,31-37,39-40,42-61H2,1-3H3/b19-16+,20-17+,21-18+,28-25+,29-26+,30-27+,41-38+/t62-/m1/s1. The SMILES string of the molecule is CCCCC/C=C/C/C=C/C/C=C/CCCCCCC(=O)O[C@H](COC(=O)CCCCCCCCC/C=C/C/C=C/CCCCC)COC(=O)CCCCCCCCCCC/C=C/C/C=C/CCCCC. The van der Waals surface area contributed by atoms with Crippen LogP contribution in [0.5, 0.6) is 0 Å². The molecule has 0 N–H and O–H groups in total. The van der Waals surface area contributed by atoms with Crippen molar-refractivity contribution in [3.63, 3.8) is 0 Å². The minimum Gasteiger partial charge on any atom is -0.462 e. The third kappa shape index (κ3) is 57.4. The highest BCUT2D eigenvalue weighted by Crippen LogP contribution is 2.15. The van der Waals surface area contributed by atoms with Gasteiger partial charge >= 0.3 is 17.9 Å². The molecule has 0 unspecified atom stereocenters. The summed E-state index contributed by atoms with van der Waals surface area (Å²) in [6.07, 6.45) is 77.1. The molecule has 1 atom stereocenters. The molecule has 0 aromatic heterocycles. The van der Waals surface area contributed by atoms with Gasteiger partial charge in [0.2, 0.25) is 0 Å². The summed E-state index contributed by atoms with van der Waals surface area (Å²) in [5, 5.41) is 0. The molecule has 0 rings (SSSR count). The molecule has 0 spiro atoms. The molecule has 0 radical (unpaired) electrons. The lowest BCUT2D eigenvalue weighted by molar-refractivity contribution is -0.167. The molecule has 0 bridgehead atoms. The fourth-order valence-corrected chi connectivity index (χ4v) is 8.27. The van der Waals surface area contributed by atoms with Crippen LogP contribution in [-0.2, 0) is 28.6 Å². The molecule has 408 valence electrons. The van der Waals surface area contributed by atoms with E-state index in [-0.39, 0.29) is 31.1 Å². The monoisotopic (exact) mass is 989 g/mol. The van der Waals surface area contributed by atoms with Crippen molar-refractivity contribution in [1.82, 2.24) is 0 Å². The summed E-state index contributed by atoms with van der Waals surface area (Å²) < 4.78 is 16.9. The molecule has 71 heavy (non-hydrogen) atoms. The summed E-state index contributed by atoms with van der Waals surface area (Å²) in [6.45, 7) is 6.55. The smallest absolute Gasteiger partial charge is 0.306 e. The van der Waals surface area contributed by atoms with E-state index < -0.39 is 6.10 Å². The average Bonchev–Trinajstić information content (AvgIpc) is 3.37. The number of allylic oxidation sites excluding steroid dienone is 14. The fourth-order valence-electron chi connectivity index (χ4n) is 8.27. The summed E-state index contributed by atoms with van der Waals surface area (Å²) in [5.74, 6) is -0.916. The number of ether oxygens (including phenoxy) is 3. The second-order valence-corrected chi connectivity index (χ2v) is 19.9. The van der Waals surface area contributed by atoms with E-state index in [1.807, 2.05) is 0 Å². The van der Waals surface area contributed by atoms with Gasteiger partial charge in [0.05, 0.1) is 0 Å². The van der Waals surface area contributed by atoms with Crippen LogP contribution in [-0.4, -0.2) is 37.2 Å². The van der Waals surface area contributed by atoms with Gasteiger partial charge in [-0.05, 0) is 122 Å². The molecule has 0 aliphatic heterocycles. The third-order valence-electron chi connectivity index (χ3n) is 12.8. The van der Waals surface area contributed by atoms with Crippen LogP contribution in [0.15, 0.2) is 85.1 Å². The van der Waals surface area contributed by atoms with Gasteiger partial charge in [0.1, 0.15) is 13.2 Å². The van der Waals surface area contributed by atoms with Crippen molar-refractivity contribution in [1.29, 1.82) is 0 Å². The zero-order valence-corrected chi connectivity index (χ0v) is 46.7. The van der Waals surface area contributed by atoms with Crippen LogP contribution in [0.4, 0.5) is 0 Å². The summed E-state index contributed by atoms with van der Waals surface area (Å²) in [5.41, 5.74) is 0. The van der Waals surface area contributed by atoms with Gasteiger partial charge in [-0.25, -0.2) is 0 Å². The van der Waals surface area contributed by atoms with Crippen LogP contribution in [0.3, 0.4) is 0 Å². The second kappa shape index (κ2) is 59.2. The topological polar surface area (TPSA) is 78.9 Å². The van der Waals surface area contributed by atoms with Gasteiger partial charge in [-0.3, -0.25) is 14.4 Å². The zero-order chi connectivity index (χ0) is 51.4. The molecule has 0 aromatic rings. The third-order valence-corrected chi connectivity index (χ3v) is 12.8. The first kappa shape index (κ1) is 67.6. The number of carbonyl (C=O) groups is 3. The largest absolute Gasteiger partial charge is 0.462 e. The van der Waals surface area contributed by atoms with Crippen LogP contribution in [0, 0.1) is 0 Å². The van der Waals surface area contributed by atoms with E-state index in [1.54, 1.807) is 0 Å². The van der Waals surface area contributed by atoms with Crippen molar-refractivity contribution in [2.24, 2.45) is 0 Å².